The number of carbonyl (C=O) groups excluding carboxylic acids is 1. The number of benzene rings is 1. The quantitative estimate of drug-likeness (QED) is 0.841. The fourth-order valence-electron chi connectivity index (χ4n) is 2.37. The third kappa shape index (κ3) is 4.38. The van der Waals surface area contributed by atoms with Crippen LogP contribution in [0.1, 0.15) is 24.9 Å². The number of para-hydroxylation sites is 1. The minimum Gasteiger partial charge on any atom is -0.434 e. The first-order chi connectivity index (χ1) is 10.6. The number of halogens is 2. The van der Waals surface area contributed by atoms with E-state index in [1.54, 1.807) is 18.2 Å². The molecule has 5 nitrogen and oxygen atoms in total. The molecule has 2 N–H and O–H groups in total. The normalized spacial score (nSPS) is 19.7. The molecule has 1 amide bonds. The van der Waals surface area contributed by atoms with E-state index < -0.39 is 18.8 Å². The molecule has 0 spiro atoms. The second kappa shape index (κ2) is 8.05. The van der Waals surface area contributed by atoms with Crippen molar-refractivity contribution >= 4 is 5.91 Å². The lowest BCUT2D eigenvalue weighted by molar-refractivity contribution is -0.135. The average molecular weight is 314 g/mol. The first kappa shape index (κ1) is 16.6. The van der Waals surface area contributed by atoms with Gasteiger partial charge in [-0.15, -0.1) is 0 Å². The van der Waals surface area contributed by atoms with Crippen molar-refractivity contribution in [3.63, 3.8) is 0 Å². The summed E-state index contributed by atoms with van der Waals surface area (Å²) in [6, 6.07) is 6.07. The van der Waals surface area contributed by atoms with E-state index in [0.717, 1.165) is 0 Å². The van der Waals surface area contributed by atoms with Crippen LogP contribution in [0.25, 0.3) is 0 Å². The molecule has 0 aliphatic carbocycles. The van der Waals surface area contributed by atoms with E-state index in [1.807, 2.05) is 6.92 Å². The molecule has 122 valence electrons. The molecule has 1 fully saturated rings. The maximum Gasteiger partial charge on any atom is 0.387 e. The van der Waals surface area contributed by atoms with E-state index >= 15 is 0 Å². The number of morpholine rings is 1. The molecule has 1 aliphatic rings. The molecule has 2 unspecified atom stereocenters. The highest BCUT2D eigenvalue weighted by Crippen LogP contribution is 2.28. The molecule has 0 saturated carbocycles. The first-order valence-electron chi connectivity index (χ1n) is 7.28. The third-order valence-electron chi connectivity index (χ3n) is 3.46. The zero-order chi connectivity index (χ0) is 15.9. The smallest absolute Gasteiger partial charge is 0.387 e. The largest absolute Gasteiger partial charge is 0.434 e. The number of alkyl halides is 2. The number of hydrogen-bond acceptors (Lipinski definition) is 4. The lowest BCUT2D eigenvalue weighted by atomic mass is 10.0. The van der Waals surface area contributed by atoms with Gasteiger partial charge in [0.1, 0.15) is 11.9 Å². The molecule has 0 aromatic heterocycles. The van der Waals surface area contributed by atoms with Gasteiger partial charge in [-0.2, -0.15) is 8.78 Å². The summed E-state index contributed by atoms with van der Waals surface area (Å²) in [5.41, 5.74) is 0.530. The van der Waals surface area contributed by atoms with Gasteiger partial charge in [-0.05, 0) is 12.5 Å². The van der Waals surface area contributed by atoms with Crippen molar-refractivity contribution in [2.45, 2.75) is 32.1 Å². The second-order valence-electron chi connectivity index (χ2n) is 4.95. The Labute approximate surface area is 128 Å². The van der Waals surface area contributed by atoms with Crippen molar-refractivity contribution in [1.82, 2.24) is 10.6 Å². The molecule has 1 heterocycles. The van der Waals surface area contributed by atoms with E-state index in [1.165, 1.54) is 6.07 Å². The van der Waals surface area contributed by atoms with Crippen LogP contribution in [0.5, 0.6) is 5.75 Å². The summed E-state index contributed by atoms with van der Waals surface area (Å²) < 4.78 is 34.9. The number of rotatable bonds is 6. The second-order valence-corrected chi connectivity index (χ2v) is 4.95. The summed E-state index contributed by atoms with van der Waals surface area (Å²) in [6.45, 7) is 0.591. The maximum absolute atomic E-state index is 12.5. The molecule has 1 saturated heterocycles. The fraction of sp³-hybridized carbons (Fsp3) is 0.533. The topological polar surface area (TPSA) is 59.6 Å². The van der Waals surface area contributed by atoms with Gasteiger partial charge in [0.05, 0.1) is 12.6 Å². The number of nitrogens with one attached hydrogen (secondary N) is 2. The Bertz CT molecular complexity index is 493. The van der Waals surface area contributed by atoms with E-state index in [-0.39, 0.29) is 11.7 Å². The molecular weight excluding hydrogens is 294 g/mol. The molecule has 22 heavy (non-hydrogen) atoms. The number of carbonyl (C=O) groups is 1. The third-order valence-corrected chi connectivity index (χ3v) is 3.46. The molecule has 1 aromatic rings. The SMILES string of the molecule is CCC(NC(=O)C1CNCCO1)c1ccccc1OC(F)F. The van der Waals surface area contributed by atoms with Crippen molar-refractivity contribution in [2.75, 3.05) is 19.7 Å². The lowest BCUT2D eigenvalue weighted by Gasteiger charge is -2.26. The van der Waals surface area contributed by atoms with Crippen LogP contribution in [0.3, 0.4) is 0 Å². The van der Waals surface area contributed by atoms with Gasteiger partial charge in [-0.25, -0.2) is 0 Å². The molecule has 0 bridgehead atoms. The molecule has 7 heteroatoms. The number of ether oxygens (including phenoxy) is 2. The van der Waals surface area contributed by atoms with Crippen molar-refractivity contribution in [3.05, 3.63) is 29.8 Å². The van der Waals surface area contributed by atoms with Gasteiger partial charge >= 0.3 is 6.61 Å². The van der Waals surface area contributed by atoms with Crippen LogP contribution in [0.4, 0.5) is 8.78 Å². The number of amides is 1. The summed E-state index contributed by atoms with van der Waals surface area (Å²) >= 11 is 0. The Hall–Kier alpha value is -1.73. The highest BCUT2D eigenvalue weighted by Gasteiger charge is 2.25. The van der Waals surface area contributed by atoms with E-state index in [0.29, 0.717) is 31.7 Å². The highest BCUT2D eigenvalue weighted by atomic mass is 19.3. The van der Waals surface area contributed by atoms with Gasteiger partial charge in [0.25, 0.3) is 5.91 Å². The van der Waals surface area contributed by atoms with Gasteiger partial charge < -0.3 is 20.1 Å². The molecule has 0 radical (unpaired) electrons. The Morgan fingerprint density at radius 2 is 2.27 bits per heavy atom. The highest BCUT2D eigenvalue weighted by molar-refractivity contribution is 5.81. The standard InChI is InChI=1S/C15H20F2N2O3/c1-2-11(19-14(20)13-9-18-7-8-21-13)10-5-3-4-6-12(10)22-15(16)17/h3-6,11,13,15,18H,2,7-9H2,1H3,(H,19,20). The van der Waals surface area contributed by atoms with Crippen LogP contribution < -0.4 is 15.4 Å². The van der Waals surface area contributed by atoms with Gasteiger partial charge in [0.15, 0.2) is 0 Å². The van der Waals surface area contributed by atoms with Crippen molar-refractivity contribution in [3.8, 4) is 5.75 Å². The minimum absolute atomic E-state index is 0.0762. The zero-order valence-electron chi connectivity index (χ0n) is 12.4. The summed E-state index contributed by atoms with van der Waals surface area (Å²) in [7, 11) is 0. The monoisotopic (exact) mass is 314 g/mol. The van der Waals surface area contributed by atoms with Crippen LogP contribution in [0.2, 0.25) is 0 Å². The van der Waals surface area contributed by atoms with Crippen molar-refractivity contribution in [1.29, 1.82) is 0 Å². The fourth-order valence-corrected chi connectivity index (χ4v) is 2.37. The van der Waals surface area contributed by atoms with Gasteiger partial charge in [0.2, 0.25) is 0 Å². The Balaban J connectivity index is 2.09. The zero-order valence-corrected chi connectivity index (χ0v) is 12.4. The summed E-state index contributed by atoms with van der Waals surface area (Å²) in [5, 5.41) is 5.91. The van der Waals surface area contributed by atoms with Crippen LogP contribution in [-0.4, -0.2) is 38.3 Å². The van der Waals surface area contributed by atoms with Crippen molar-refractivity contribution in [2.24, 2.45) is 0 Å². The Morgan fingerprint density at radius 3 is 2.91 bits per heavy atom. The van der Waals surface area contributed by atoms with Gasteiger partial charge in [-0.1, -0.05) is 25.1 Å². The number of hydrogen-bond donors (Lipinski definition) is 2. The van der Waals surface area contributed by atoms with Crippen LogP contribution in [0.15, 0.2) is 24.3 Å². The summed E-state index contributed by atoms with van der Waals surface area (Å²) in [4.78, 5) is 12.2. The van der Waals surface area contributed by atoms with E-state index in [4.69, 9.17) is 4.74 Å². The molecule has 1 aliphatic heterocycles. The molecule has 2 rings (SSSR count). The Morgan fingerprint density at radius 1 is 1.50 bits per heavy atom. The lowest BCUT2D eigenvalue weighted by Crippen LogP contribution is -2.48. The van der Waals surface area contributed by atoms with Crippen molar-refractivity contribution < 1.29 is 23.0 Å². The van der Waals surface area contributed by atoms with E-state index in [9.17, 15) is 13.6 Å². The maximum atomic E-state index is 12.5. The van der Waals surface area contributed by atoms with Crippen LogP contribution in [-0.2, 0) is 9.53 Å². The summed E-state index contributed by atoms with van der Waals surface area (Å²) in [5.74, 6) is -0.182. The first-order valence-corrected chi connectivity index (χ1v) is 7.28. The van der Waals surface area contributed by atoms with Gasteiger partial charge in [0, 0.05) is 18.7 Å². The summed E-state index contributed by atoms with van der Waals surface area (Å²) in [6.07, 6.45) is -0.0128. The minimum atomic E-state index is -2.90. The molecular formula is C15H20F2N2O3. The predicted molar refractivity (Wildman–Crippen MR) is 76.9 cm³/mol. The Kier molecular flexibility index (Phi) is 6.09. The average Bonchev–Trinajstić information content (AvgIpc) is 2.53. The van der Waals surface area contributed by atoms with E-state index in [2.05, 4.69) is 15.4 Å². The molecule has 2 atom stereocenters. The van der Waals surface area contributed by atoms with Crippen LogP contribution in [0, 0.1) is 0 Å². The van der Waals surface area contributed by atoms with Crippen LogP contribution >= 0.6 is 0 Å². The molecule has 1 aromatic carbocycles. The predicted octanol–water partition coefficient (Wildman–Crippen LogP) is 1.84. The van der Waals surface area contributed by atoms with Gasteiger partial charge in [-0.3, -0.25) is 4.79 Å².